The molecule has 0 amide bonds. The van der Waals surface area contributed by atoms with Crippen LogP contribution in [-0.2, 0) is 0 Å². The molecule has 1 saturated heterocycles. The summed E-state index contributed by atoms with van der Waals surface area (Å²) in [5, 5.41) is 12.0. The van der Waals surface area contributed by atoms with Gasteiger partial charge in [0.1, 0.15) is 5.82 Å². The molecule has 1 unspecified atom stereocenters. The molecule has 1 aliphatic heterocycles. The molecule has 6 nitrogen and oxygen atoms in total. The molecule has 1 fully saturated rings. The lowest BCUT2D eigenvalue weighted by Crippen LogP contribution is -2.38. The largest absolute Gasteiger partial charge is 0.476 e. The maximum Gasteiger partial charge on any atom is 0.356 e. The molecule has 0 aromatic carbocycles. The average molecular weight is 278 g/mol. The molecular formula is C14H22N4O2. The van der Waals surface area contributed by atoms with Crippen LogP contribution in [0.1, 0.15) is 43.1 Å². The van der Waals surface area contributed by atoms with Crippen molar-refractivity contribution in [3.05, 3.63) is 18.1 Å². The fourth-order valence-corrected chi connectivity index (χ4v) is 2.54. The van der Waals surface area contributed by atoms with E-state index in [4.69, 9.17) is 5.11 Å². The molecule has 1 aliphatic rings. The summed E-state index contributed by atoms with van der Waals surface area (Å²) in [5.41, 5.74) is -0.0281. The van der Waals surface area contributed by atoms with Crippen LogP contribution in [-0.4, -0.2) is 51.6 Å². The fraction of sp³-hybridized carbons (Fsp3) is 0.643. The van der Waals surface area contributed by atoms with Crippen molar-refractivity contribution in [2.24, 2.45) is 0 Å². The quantitative estimate of drug-likeness (QED) is 0.773. The predicted octanol–water partition coefficient (Wildman–Crippen LogP) is 1.85. The molecular weight excluding hydrogens is 256 g/mol. The molecule has 110 valence electrons. The van der Waals surface area contributed by atoms with Crippen LogP contribution in [0.5, 0.6) is 0 Å². The first-order chi connectivity index (χ1) is 9.66. The predicted molar refractivity (Wildman–Crippen MR) is 77.0 cm³/mol. The van der Waals surface area contributed by atoms with Crippen molar-refractivity contribution in [3.8, 4) is 0 Å². The zero-order valence-corrected chi connectivity index (χ0v) is 11.9. The minimum absolute atomic E-state index is 0.0281. The van der Waals surface area contributed by atoms with Gasteiger partial charge in [-0.15, -0.1) is 0 Å². The van der Waals surface area contributed by atoms with Crippen LogP contribution in [0.3, 0.4) is 0 Å². The summed E-state index contributed by atoms with van der Waals surface area (Å²) >= 11 is 0. The van der Waals surface area contributed by atoms with Gasteiger partial charge in [0.05, 0.1) is 12.4 Å². The maximum absolute atomic E-state index is 10.8. The highest BCUT2D eigenvalue weighted by molar-refractivity contribution is 5.85. The topological polar surface area (TPSA) is 78.4 Å². The molecule has 0 saturated carbocycles. The van der Waals surface area contributed by atoms with Crippen LogP contribution in [0.15, 0.2) is 12.4 Å². The molecule has 0 aliphatic carbocycles. The zero-order chi connectivity index (χ0) is 14.4. The highest BCUT2D eigenvalue weighted by Gasteiger charge is 2.17. The Labute approximate surface area is 119 Å². The smallest absolute Gasteiger partial charge is 0.356 e. The Morgan fingerprint density at radius 2 is 2.35 bits per heavy atom. The summed E-state index contributed by atoms with van der Waals surface area (Å²) in [4.78, 5) is 21.2. The van der Waals surface area contributed by atoms with Gasteiger partial charge in [-0.1, -0.05) is 6.42 Å². The van der Waals surface area contributed by atoms with E-state index >= 15 is 0 Å². The second-order valence-electron chi connectivity index (χ2n) is 5.26. The molecule has 0 radical (unpaired) electrons. The second kappa shape index (κ2) is 7.19. The second-order valence-corrected chi connectivity index (χ2v) is 5.26. The van der Waals surface area contributed by atoms with Gasteiger partial charge in [0, 0.05) is 19.1 Å². The van der Waals surface area contributed by atoms with Crippen molar-refractivity contribution in [1.29, 1.82) is 0 Å². The van der Waals surface area contributed by atoms with Crippen LogP contribution in [0, 0.1) is 0 Å². The molecule has 20 heavy (non-hydrogen) atoms. The van der Waals surface area contributed by atoms with Crippen molar-refractivity contribution < 1.29 is 9.90 Å². The first-order valence-corrected chi connectivity index (χ1v) is 7.20. The molecule has 1 atom stereocenters. The summed E-state index contributed by atoms with van der Waals surface area (Å²) < 4.78 is 0. The highest BCUT2D eigenvalue weighted by atomic mass is 16.4. The van der Waals surface area contributed by atoms with E-state index in [2.05, 4.69) is 27.1 Å². The fourth-order valence-electron chi connectivity index (χ4n) is 2.54. The number of nitrogens with zero attached hydrogens (tertiary/aromatic N) is 3. The minimum Gasteiger partial charge on any atom is -0.476 e. The Bertz CT molecular complexity index is 453. The molecule has 2 heterocycles. The van der Waals surface area contributed by atoms with Crippen LogP contribution < -0.4 is 5.32 Å². The summed E-state index contributed by atoms with van der Waals surface area (Å²) in [6, 6.07) is 0.680. The van der Waals surface area contributed by atoms with Crippen molar-refractivity contribution in [1.82, 2.24) is 14.9 Å². The number of hydrogen-bond donors (Lipinski definition) is 2. The summed E-state index contributed by atoms with van der Waals surface area (Å²) in [6.07, 6.45) is 7.75. The van der Waals surface area contributed by atoms with Crippen LogP contribution in [0.2, 0.25) is 0 Å². The Balaban J connectivity index is 1.73. The average Bonchev–Trinajstić information content (AvgIpc) is 2.45. The van der Waals surface area contributed by atoms with Crippen LogP contribution in [0.4, 0.5) is 5.82 Å². The molecule has 1 aromatic heterocycles. The number of rotatable bonds is 6. The van der Waals surface area contributed by atoms with E-state index in [1.165, 1.54) is 32.0 Å². The van der Waals surface area contributed by atoms with Gasteiger partial charge in [0.15, 0.2) is 5.69 Å². The van der Waals surface area contributed by atoms with Crippen LogP contribution >= 0.6 is 0 Å². The molecule has 1 aromatic rings. The lowest BCUT2D eigenvalue weighted by molar-refractivity contribution is 0.0690. The standard InChI is InChI=1S/C14H22N4O2/c1-11-5-2-3-7-18(11)8-4-6-16-13-10-15-9-12(17-13)14(19)20/h9-11H,2-8H2,1H3,(H,16,17)(H,19,20). The summed E-state index contributed by atoms with van der Waals surface area (Å²) in [5.74, 6) is -0.528. The lowest BCUT2D eigenvalue weighted by atomic mass is 10.0. The monoisotopic (exact) mass is 278 g/mol. The third-order valence-electron chi connectivity index (χ3n) is 3.72. The lowest BCUT2D eigenvalue weighted by Gasteiger charge is -2.33. The van der Waals surface area contributed by atoms with Crippen LogP contribution in [0.25, 0.3) is 0 Å². The summed E-state index contributed by atoms with van der Waals surface area (Å²) in [6.45, 7) is 5.32. The Morgan fingerprint density at radius 3 is 3.10 bits per heavy atom. The zero-order valence-electron chi connectivity index (χ0n) is 11.9. The molecule has 6 heteroatoms. The molecule has 0 spiro atoms. The first-order valence-electron chi connectivity index (χ1n) is 7.20. The number of anilines is 1. The van der Waals surface area contributed by atoms with Gasteiger partial charge in [-0.25, -0.2) is 9.78 Å². The SMILES string of the molecule is CC1CCCCN1CCCNc1cncc(C(=O)O)n1. The van der Waals surface area contributed by atoms with E-state index in [1.54, 1.807) is 6.20 Å². The number of carbonyl (C=O) groups is 1. The minimum atomic E-state index is -1.05. The maximum atomic E-state index is 10.8. The van der Waals surface area contributed by atoms with Gasteiger partial charge < -0.3 is 15.3 Å². The van der Waals surface area contributed by atoms with E-state index < -0.39 is 5.97 Å². The number of carboxylic acids is 1. The summed E-state index contributed by atoms with van der Waals surface area (Å²) in [7, 11) is 0. The van der Waals surface area contributed by atoms with Gasteiger partial charge in [-0.2, -0.15) is 0 Å². The number of aromatic carboxylic acids is 1. The Hall–Kier alpha value is -1.69. The first kappa shape index (κ1) is 14.7. The van der Waals surface area contributed by atoms with E-state index in [-0.39, 0.29) is 5.69 Å². The number of likely N-dealkylation sites (tertiary alicyclic amines) is 1. The van der Waals surface area contributed by atoms with Gasteiger partial charge in [-0.3, -0.25) is 4.98 Å². The van der Waals surface area contributed by atoms with Crippen molar-refractivity contribution in [2.75, 3.05) is 25.0 Å². The van der Waals surface area contributed by atoms with Gasteiger partial charge in [0.2, 0.25) is 0 Å². The number of piperidine rings is 1. The number of aromatic nitrogens is 2. The number of carboxylic acid groups (broad SMARTS) is 1. The van der Waals surface area contributed by atoms with Crippen molar-refractivity contribution >= 4 is 11.8 Å². The van der Waals surface area contributed by atoms with Gasteiger partial charge in [0.25, 0.3) is 0 Å². The molecule has 2 rings (SSSR count). The van der Waals surface area contributed by atoms with E-state index in [0.717, 1.165) is 19.5 Å². The number of nitrogens with one attached hydrogen (secondary N) is 1. The van der Waals surface area contributed by atoms with Crippen molar-refractivity contribution in [3.63, 3.8) is 0 Å². The van der Waals surface area contributed by atoms with Crippen molar-refractivity contribution in [2.45, 2.75) is 38.6 Å². The Kier molecular flexibility index (Phi) is 5.29. The van der Waals surface area contributed by atoms with E-state index in [0.29, 0.717) is 11.9 Å². The molecule has 0 bridgehead atoms. The third-order valence-corrected chi connectivity index (χ3v) is 3.72. The number of hydrogen-bond acceptors (Lipinski definition) is 5. The van der Waals surface area contributed by atoms with Gasteiger partial charge >= 0.3 is 5.97 Å². The normalized spacial score (nSPS) is 19.8. The van der Waals surface area contributed by atoms with E-state index in [9.17, 15) is 4.79 Å². The van der Waals surface area contributed by atoms with Gasteiger partial charge in [-0.05, 0) is 32.7 Å². The molecule has 2 N–H and O–H groups in total. The highest BCUT2D eigenvalue weighted by Crippen LogP contribution is 2.16. The van der Waals surface area contributed by atoms with E-state index in [1.807, 2.05) is 0 Å². The Morgan fingerprint density at radius 1 is 1.50 bits per heavy atom. The third kappa shape index (κ3) is 4.16.